The SMILES string of the molecule is C[C@H](NCc1ccc(Br)c2cccnc12)C1CCCC1. The Hall–Kier alpha value is -0.930. The number of halogens is 1. The van der Waals surface area contributed by atoms with Gasteiger partial charge in [-0.3, -0.25) is 4.98 Å². The first-order valence-corrected chi connectivity index (χ1v) is 8.30. The normalized spacial score (nSPS) is 17.7. The van der Waals surface area contributed by atoms with Gasteiger partial charge in [-0.25, -0.2) is 0 Å². The van der Waals surface area contributed by atoms with Gasteiger partial charge in [-0.2, -0.15) is 0 Å². The van der Waals surface area contributed by atoms with Crippen LogP contribution in [0.15, 0.2) is 34.9 Å². The van der Waals surface area contributed by atoms with Crippen molar-refractivity contribution in [2.75, 3.05) is 0 Å². The number of nitrogens with zero attached hydrogens (tertiary/aromatic N) is 1. The Morgan fingerprint density at radius 3 is 2.90 bits per heavy atom. The van der Waals surface area contributed by atoms with Crippen molar-refractivity contribution in [1.29, 1.82) is 0 Å². The second-order valence-electron chi connectivity index (χ2n) is 5.82. The van der Waals surface area contributed by atoms with Crippen LogP contribution in [0.2, 0.25) is 0 Å². The van der Waals surface area contributed by atoms with Crippen molar-refractivity contribution >= 4 is 26.8 Å². The van der Waals surface area contributed by atoms with E-state index in [0.717, 1.165) is 22.5 Å². The first kappa shape index (κ1) is 14.0. The molecular weight excluding hydrogens is 312 g/mol. The number of hydrogen-bond acceptors (Lipinski definition) is 2. The molecule has 2 nitrogen and oxygen atoms in total. The van der Waals surface area contributed by atoms with Gasteiger partial charge in [-0.15, -0.1) is 0 Å². The van der Waals surface area contributed by atoms with Gasteiger partial charge in [0.25, 0.3) is 0 Å². The molecule has 1 aromatic carbocycles. The third-order valence-electron chi connectivity index (χ3n) is 4.52. The molecule has 1 aliphatic rings. The lowest BCUT2D eigenvalue weighted by Gasteiger charge is -2.20. The highest BCUT2D eigenvalue weighted by Gasteiger charge is 2.21. The van der Waals surface area contributed by atoms with E-state index in [4.69, 9.17) is 0 Å². The molecule has 20 heavy (non-hydrogen) atoms. The van der Waals surface area contributed by atoms with E-state index < -0.39 is 0 Å². The standard InChI is InChI=1S/C17H21BrN2/c1-12(13-5-2-3-6-13)20-11-14-8-9-16(18)15-7-4-10-19-17(14)15/h4,7-10,12-13,20H,2-3,5-6,11H2,1H3/t12-/m0/s1. The Morgan fingerprint density at radius 2 is 2.10 bits per heavy atom. The molecule has 106 valence electrons. The zero-order chi connectivity index (χ0) is 13.9. The van der Waals surface area contributed by atoms with Gasteiger partial charge in [0.05, 0.1) is 5.52 Å². The third kappa shape index (κ3) is 2.89. The first-order chi connectivity index (χ1) is 9.75. The fourth-order valence-corrected chi connectivity index (χ4v) is 3.69. The summed E-state index contributed by atoms with van der Waals surface area (Å²) in [5.41, 5.74) is 2.39. The lowest BCUT2D eigenvalue weighted by atomic mass is 9.99. The maximum absolute atomic E-state index is 4.55. The highest BCUT2D eigenvalue weighted by atomic mass is 79.9. The highest BCUT2D eigenvalue weighted by molar-refractivity contribution is 9.10. The van der Waals surface area contributed by atoms with Gasteiger partial charge < -0.3 is 5.32 Å². The zero-order valence-electron chi connectivity index (χ0n) is 11.9. The predicted molar refractivity (Wildman–Crippen MR) is 87.7 cm³/mol. The van der Waals surface area contributed by atoms with Crippen LogP contribution in [-0.4, -0.2) is 11.0 Å². The largest absolute Gasteiger partial charge is 0.310 e. The van der Waals surface area contributed by atoms with E-state index in [-0.39, 0.29) is 0 Å². The molecule has 3 rings (SSSR count). The molecule has 1 aromatic heterocycles. The lowest BCUT2D eigenvalue weighted by Crippen LogP contribution is -2.31. The van der Waals surface area contributed by atoms with Crippen LogP contribution in [0.3, 0.4) is 0 Å². The van der Waals surface area contributed by atoms with E-state index in [1.165, 1.54) is 36.6 Å². The second kappa shape index (κ2) is 6.23. The summed E-state index contributed by atoms with van der Waals surface area (Å²) in [4.78, 5) is 4.55. The first-order valence-electron chi connectivity index (χ1n) is 7.51. The van der Waals surface area contributed by atoms with E-state index in [0.29, 0.717) is 6.04 Å². The fraction of sp³-hybridized carbons (Fsp3) is 0.471. The Morgan fingerprint density at radius 1 is 1.30 bits per heavy atom. The van der Waals surface area contributed by atoms with E-state index in [2.05, 4.69) is 51.4 Å². The summed E-state index contributed by atoms with van der Waals surface area (Å²) in [6, 6.07) is 9.01. The molecule has 1 saturated carbocycles. The molecule has 0 spiro atoms. The topological polar surface area (TPSA) is 24.9 Å². The summed E-state index contributed by atoms with van der Waals surface area (Å²) in [6.07, 6.45) is 7.44. The van der Waals surface area contributed by atoms with Crippen LogP contribution in [0.1, 0.15) is 38.2 Å². The van der Waals surface area contributed by atoms with Gasteiger partial charge in [-0.05, 0) is 43.4 Å². The molecule has 2 aromatic rings. The lowest BCUT2D eigenvalue weighted by molar-refractivity contribution is 0.381. The van der Waals surface area contributed by atoms with Crippen molar-refractivity contribution in [3.05, 3.63) is 40.5 Å². The van der Waals surface area contributed by atoms with E-state index in [9.17, 15) is 0 Å². The minimum Gasteiger partial charge on any atom is -0.310 e. The number of rotatable bonds is 4. The number of pyridine rings is 1. The van der Waals surface area contributed by atoms with Gasteiger partial charge in [0.2, 0.25) is 0 Å². The molecule has 0 amide bonds. The molecule has 1 atom stereocenters. The summed E-state index contributed by atoms with van der Waals surface area (Å²) in [6.45, 7) is 3.23. The van der Waals surface area contributed by atoms with Crippen molar-refractivity contribution in [3.63, 3.8) is 0 Å². The Bertz CT molecular complexity index is 591. The Labute approximate surface area is 129 Å². The monoisotopic (exact) mass is 332 g/mol. The molecule has 3 heteroatoms. The van der Waals surface area contributed by atoms with Crippen molar-refractivity contribution < 1.29 is 0 Å². The van der Waals surface area contributed by atoms with E-state index in [1.807, 2.05) is 12.3 Å². The van der Waals surface area contributed by atoms with Crippen molar-refractivity contribution in [3.8, 4) is 0 Å². The van der Waals surface area contributed by atoms with Crippen molar-refractivity contribution in [2.24, 2.45) is 5.92 Å². The summed E-state index contributed by atoms with van der Waals surface area (Å²) in [5.74, 6) is 0.852. The molecule has 0 radical (unpaired) electrons. The molecule has 0 unspecified atom stereocenters. The van der Waals surface area contributed by atoms with E-state index in [1.54, 1.807) is 0 Å². The molecular formula is C17H21BrN2. The zero-order valence-corrected chi connectivity index (χ0v) is 13.5. The number of fused-ring (bicyclic) bond motifs is 1. The minimum absolute atomic E-state index is 0.597. The molecule has 1 aliphatic carbocycles. The van der Waals surface area contributed by atoms with E-state index >= 15 is 0 Å². The van der Waals surface area contributed by atoms with Gasteiger partial charge >= 0.3 is 0 Å². The van der Waals surface area contributed by atoms with Gasteiger partial charge in [0.1, 0.15) is 0 Å². The maximum atomic E-state index is 4.55. The molecule has 1 fully saturated rings. The van der Waals surface area contributed by atoms with Crippen LogP contribution in [0, 0.1) is 5.92 Å². The van der Waals surface area contributed by atoms with Crippen LogP contribution in [0.4, 0.5) is 0 Å². The quantitative estimate of drug-likeness (QED) is 0.880. The van der Waals surface area contributed by atoms with Crippen LogP contribution in [-0.2, 0) is 6.54 Å². The number of nitrogens with one attached hydrogen (secondary N) is 1. The van der Waals surface area contributed by atoms with Crippen molar-refractivity contribution in [1.82, 2.24) is 10.3 Å². The summed E-state index contributed by atoms with van der Waals surface area (Å²) in [5, 5.41) is 4.89. The Balaban J connectivity index is 1.76. The summed E-state index contributed by atoms with van der Waals surface area (Å²) >= 11 is 3.60. The number of benzene rings is 1. The predicted octanol–water partition coefficient (Wildman–Crippen LogP) is 4.67. The minimum atomic E-state index is 0.597. The van der Waals surface area contributed by atoms with Gasteiger partial charge in [0, 0.05) is 28.6 Å². The van der Waals surface area contributed by atoms with Crippen LogP contribution in [0.25, 0.3) is 10.9 Å². The smallest absolute Gasteiger partial charge is 0.0758 e. The van der Waals surface area contributed by atoms with Crippen LogP contribution in [0.5, 0.6) is 0 Å². The third-order valence-corrected chi connectivity index (χ3v) is 5.21. The Kier molecular flexibility index (Phi) is 4.37. The average Bonchev–Trinajstić information content (AvgIpc) is 3.01. The molecule has 0 saturated heterocycles. The highest BCUT2D eigenvalue weighted by Crippen LogP contribution is 2.28. The average molecular weight is 333 g/mol. The summed E-state index contributed by atoms with van der Waals surface area (Å²) in [7, 11) is 0. The van der Waals surface area contributed by atoms with Gasteiger partial charge in [0.15, 0.2) is 0 Å². The molecule has 0 bridgehead atoms. The van der Waals surface area contributed by atoms with Crippen LogP contribution < -0.4 is 5.32 Å². The van der Waals surface area contributed by atoms with Crippen LogP contribution >= 0.6 is 15.9 Å². The number of aromatic nitrogens is 1. The molecule has 1 N–H and O–H groups in total. The number of hydrogen-bond donors (Lipinski definition) is 1. The van der Waals surface area contributed by atoms with Crippen molar-refractivity contribution in [2.45, 2.75) is 45.2 Å². The maximum Gasteiger partial charge on any atom is 0.0758 e. The summed E-state index contributed by atoms with van der Waals surface area (Å²) < 4.78 is 1.12. The molecule has 0 aliphatic heterocycles. The fourth-order valence-electron chi connectivity index (χ4n) is 3.23. The molecule has 1 heterocycles. The van der Waals surface area contributed by atoms with Gasteiger partial charge in [-0.1, -0.05) is 40.9 Å². The second-order valence-corrected chi connectivity index (χ2v) is 6.67.